The van der Waals surface area contributed by atoms with Gasteiger partial charge in [0, 0.05) is 42.7 Å². The van der Waals surface area contributed by atoms with E-state index in [2.05, 4.69) is 9.97 Å². The van der Waals surface area contributed by atoms with Crippen molar-refractivity contribution in [3.63, 3.8) is 0 Å². The Kier molecular flexibility index (Phi) is 5.52. The van der Waals surface area contributed by atoms with Crippen LogP contribution in [-0.2, 0) is 0 Å². The van der Waals surface area contributed by atoms with E-state index >= 15 is 0 Å². The van der Waals surface area contributed by atoms with E-state index in [4.69, 9.17) is 16.3 Å². The van der Waals surface area contributed by atoms with Crippen molar-refractivity contribution in [1.29, 1.82) is 0 Å². The number of hydrogen-bond donors (Lipinski definition) is 1. The number of piperidine rings is 1. The van der Waals surface area contributed by atoms with Crippen LogP contribution in [0.2, 0.25) is 5.02 Å². The van der Waals surface area contributed by atoms with E-state index in [1.807, 2.05) is 26.0 Å². The minimum absolute atomic E-state index is 0.00843. The van der Waals surface area contributed by atoms with Crippen molar-refractivity contribution in [3.05, 3.63) is 80.2 Å². The average molecular weight is 478 g/mol. The number of fused-ring (bicyclic) bond motifs is 1. The van der Waals surface area contributed by atoms with Gasteiger partial charge in [-0.1, -0.05) is 17.7 Å². The molecule has 1 amide bonds. The number of aromatic nitrogens is 2. The molecule has 174 valence electrons. The summed E-state index contributed by atoms with van der Waals surface area (Å²) < 4.78 is 6.37. The fraction of sp³-hybridized carbons (Fsp3) is 0.308. The summed E-state index contributed by atoms with van der Waals surface area (Å²) in [7, 11) is 0. The molecule has 0 atom stereocenters. The van der Waals surface area contributed by atoms with Gasteiger partial charge in [-0.05, 0) is 55.3 Å². The lowest BCUT2D eigenvalue weighted by Gasteiger charge is -2.44. The summed E-state index contributed by atoms with van der Waals surface area (Å²) in [5, 5.41) is 0.582. The zero-order valence-corrected chi connectivity index (χ0v) is 19.7. The summed E-state index contributed by atoms with van der Waals surface area (Å²) in [6.45, 7) is 4.69. The van der Waals surface area contributed by atoms with E-state index in [-0.39, 0.29) is 17.3 Å². The Labute approximate surface area is 201 Å². The molecule has 0 unspecified atom stereocenters. The number of amides is 1. The highest BCUT2D eigenvalue weighted by Gasteiger charge is 2.44. The normalized spacial score (nSPS) is 16.8. The lowest BCUT2D eigenvalue weighted by atomic mass is 9.81. The van der Waals surface area contributed by atoms with Crippen LogP contribution in [0.1, 0.15) is 51.1 Å². The van der Waals surface area contributed by atoms with Gasteiger partial charge in [-0.25, -0.2) is 4.98 Å². The Morgan fingerprint density at radius 1 is 1.12 bits per heavy atom. The Bertz CT molecular complexity index is 1360. The second-order valence-electron chi connectivity index (χ2n) is 9.11. The van der Waals surface area contributed by atoms with Gasteiger partial charge >= 0.3 is 0 Å². The smallest absolute Gasteiger partial charge is 0.264 e. The number of nitrogens with zero attached hydrogens (tertiary/aromatic N) is 2. The number of H-pyrrole nitrogens is 1. The summed E-state index contributed by atoms with van der Waals surface area (Å²) in [6.07, 6.45) is 2.65. The molecule has 2 aliphatic rings. The molecule has 5 rings (SSSR count). The lowest BCUT2D eigenvalue weighted by molar-refractivity contribution is -0.00585. The summed E-state index contributed by atoms with van der Waals surface area (Å²) in [6, 6.07) is 10.8. The second kappa shape index (κ2) is 8.40. The predicted octanol–water partition coefficient (Wildman–Crippen LogP) is 4.35. The van der Waals surface area contributed by atoms with Crippen molar-refractivity contribution in [2.75, 3.05) is 13.1 Å². The Hall–Kier alpha value is -3.45. The number of ether oxygens (including phenoxy) is 1. The molecule has 1 fully saturated rings. The van der Waals surface area contributed by atoms with E-state index in [9.17, 15) is 14.4 Å². The minimum atomic E-state index is -0.621. The van der Waals surface area contributed by atoms with Gasteiger partial charge in [0.25, 0.3) is 11.5 Å². The van der Waals surface area contributed by atoms with Gasteiger partial charge in [0.1, 0.15) is 22.7 Å². The molecule has 3 aromatic rings. The van der Waals surface area contributed by atoms with Crippen LogP contribution >= 0.6 is 11.6 Å². The maximum absolute atomic E-state index is 13.1. The molecule has 1 aromatic heterocycles. The standard InChI is InChI=1S/C26H24ClN3O4/c1-15-11-16(2)22-20(31)13-26(34-21(22)12-15)7-9-30(10-8-26)25(33)19-14-28-23(29-24(19)32)17-3-5-18(27)6-4-17/h3-6,11-12,14H,7-10,13H2,1-2H3,(H,28,29,32). The number of nitrogens with one attached hydrogen (secondary N) is 1. The third-order valence-electron chi connectivity index (χ3n) is 6.64. The zero-order valence-electron chi connectivity index (χ0n) is 19.0. The monoisotopic (exact) mass is 477 g/mol. The Morgan fingerprint density at radius 2 is 1.82 bits per heavy atom. The van der Waals surface area contributed by atoms with Crippen molar-refractivity contribution < 1.29 is 14.3 Å². The molecule has 7 nitrogen and oxygen atoms in total. The highest BCUT2D eigenvalue weighted by atomic mass is 35.5. The molecule has 1 N–H and O–H groups in total. The van der Waals surface area contributed by atoms with E-state index in [1.165, 1.54) is 6.20 Å². The van der Waals surface area contributed by atoms with Crippen LogP contribution in [0, 0.1) is 13.8 Å². The van der Waals surface area contributed by atoms with Crippen molar-refractivity contribution in [2.45, 2.75) is 38.7 Å². The van der Waals surface area contributed by atoms with Crippen LogP contribution in [-0.4, -0.2) is 45.2 Å². The molecule has 2 aliphatic heterocycles. The van der Waals surface area contributed by atoms with Crippen LogP contribution in [0.4, 0.5) is 0 Å². The summed E-state index contributed by atoms with van der Waals surface area (Å²) in [5.74, 6) is 0.707. The fourth-order valence-electron chi connectivity index (χ4n) is 4.88. The number of halogens is 1. The van der Waals surface area contributed by atoms with Crippen LogP contribution in [0.25, 0.3) is 11.4 Å². The zero-order chi connectivity index (χ0) is 24.0. The van der Waals surface area contributed by atoms with Crippen molar-refractivity contribution in [3.8, 4) is 17.1 Å². The van der Waals surface area contributed by atoms with Crippen molar-refractivity contribution in [2.24, 2.45) is 0 Å². The van der Waals surface area contributed by atoms with E-state index in [0.29, 0.717) is 60.1 Å². The largest absolute Gasteiger partial charge is 0.486 e. The van der Waals surface area contributed by atoms with Gasteiger partial charge in [-0.15, -0.1) is 0 Å². The number of likely N-dealkylation sites (tertiary alicyclic amines) is 1. The third kappa shape index (κ3) is 4.01. The van der Waals surface area contributed by atoms with Crippen LogP contribution in [0.3, 0.4) is 0 Å². The van der Waals surface area contributed by atoms with Crippen LogP contribution < -0.4 is 10.3 Å². The van der Waals surface area contributed by atoms with E-state index < -0.39 is 11.2 Å². The molecule has 8 heteroatoms. The number of aromatic amines is 1. The first-order valence-electron chi connectivity index (χ1n) is 11.2. The fourth-order valence-corrected chi connectivity index (χ4v) is 5.01. The van der Waals surface area contributed by atoms with Crippen LogP contribution in [0.15, 0.2) is 47.4 Å². The van der Waals surface area contributed by atoms with Gasteiger partial charge in [0.15, 0.2) is 5.78 Å². The third-order valence-corrected chi connectivity index (χ3v) is 6.89. The average Bonchev–Trinajstić information content (AvgIpc) is 2.79. The number of ketones is 1. The summed E-state index contributed by atoms with van der Waals surface area (Å²) in [4.78, 5) is 47.3. The number of hydrogen-bond acceptors (Lipinski definition) is 5. The number of benzene rings is 2. The SMILES string of the molecule is Cc1cc(C)c2c(c1)OC1(CCN(C(=O)c3cnc(-c4ccc(Cl)cc4)[nH]c3=O)CC1)CC2=O. The quantitative estimate of drug-likeness (QED) is 0.592. The summed E-state index contributed by atoms with van der Waals surface area (Å²) >= 11 is 5.91. The maximum atomic E-state index is 13.1. The Morgan fingerprint density at radius 3 is 2.50 bits per heavy atom. The molecular formula is C26H24ClN3O4. The Balaban J connectivity index is 1.31. The highest BCUT2D eigenvalue weighted by molar-refractivity contribution is 6.30. The molecule has 3 heterocycles. The number of rotatable bonds is 2. The van der Waals surface area contributed by atoms with E-state index in [1.54, 1.807) is 29.2 Å². The number of Topliss-reactive ketones (excluding diaryl/α,β-unsaturated/α-hetero) is 1. The lowest BCUT2D eigenvalue weighted by Crippen LogP contribution is -2.52. The maximum Gasteiger partial charge on any atom is 0.264 e. The molecule has 0 saturated carbocycles. The molecule has 1 saturated heterocycles. The van der Waals surface area contributed by atoms with Crippen molar-refractivity contribution in [1.82, 2.24) is 14.9 Å². The van der Waals surface area contributed by atoms with Crippen molar-refractivity contribution >= 4 is 23.3 Å². The molecule has 0 aliphatic carbocycles. The highest BCUT2D eigenvalue weighted by Crippen LogP contribution is 2.41. The van der Waals surface area contributed by atoms with E-state index in [0.717, 1.165) is 11.1 Å². The number of aryl methyl sites for hydroxylation is 2. The van der Waals surface area contributed by atoms with Gasteiger partial charge in [0.05, 0.1) is 12.0 Å². The van der Waals surface area contributed by atoms with Gasteiger partial charge in [-0.2, -0.15) is 0 Å². The molecule has 1 spiro atoms. The molecule has 2 aromatic carbocycles. The first-order chi connectivity index (χ1) is 16.2. The van der Waals surface area contributed by atoms with Gasteiger partial charge in [0.2, 0.25) is 0 Å². The molecule has 0 bridgehead atoms. The molecular weight excluding hydrogens is 454 g/mol. The van der Waals surface area contributed by atoms with Crippen LogP contribution in [0.5, 0.6) is 5.75 Å². The number of carbonyl (C=O) groups excluding carboxylic acids is 2. The van der Waals surface area contributed by atoms with Gasteiger partial charge < -0.3 is 14.6 Å². The molecule has 0 radical (unpaired) electrons. The summed E-state index contributed by atoms with van der Waals surface area (Å²) in [5.41, 5.74) is 2.21. The topological polar surface area (TPSA) is 92.4 Å². The first-order valence-corrected chi connectivity index (χ1v) is 11.6. The number of carbonyl (C=O) groups is 2. The second-order valence-corrected chi connectivity index (χ2v) is 9.55. The molecule has 34 heavy (non-hydrogen) atoms. The first kappa shape index (κ1) is 22.3. The predicted molar refractivity (Wildman–Crippen MR) is 129 cm³/mol. The van der Waals surface area contributed by atoms with Gasteiger partial charge in [-0.3, -0.25) is 14.4 Å². The minimum Gasteiger partial charge on any atom is -0.486 e.